The van der Waals surface area contributed by atoms with Gasteiger partial charge < -0.3 is 20.8 Å². The van der Waals surface area contributed by atoms with Crippen LogP contribution in [0.2, 0.25) is 0 Å². The maximum Gasteiger partial charge on any atom is 0.173 e. The fourth-order valence-electron chi connectivity index (χ4n) is 2.72. The number of hydrogen-bond donors (Lipinski definition) is 3. The number of amidine groups is 1. The number of nitrogens with two attached hydrogens (primary N) is 1. The molecule has 0 saturated carbocycles. The third kappa shape index (κ3) is 3.65. The first kappa shape index (κ1) is 15.6. The van der Waals surface area contributed by atoms with Crippen molar-refractivity contribution >= 4 is 5.84 Å². The average Bonchev–Trinajstić information content (AvgIpc) is 2.50. The quantitative estimate of drug-likeness (QED) is 0.333. The summed E-state index contributed by atoms with van der Waals surface area (Å²) in [7, 11) is 1.56. The van der Waals surface area contributed by atoms with E-state index in [2.05, 4.69) is 17.0 Å². The molecule has 0 spiro atoms. The summed E-state index contributed by atoms with van der Waals surface area (Å²) < 4.78 is 5.31. The average molecular weight is 293 g/mol. The fraction of sp³-hybridized carbons (Fsp3) is 0.533. The van der Waals surface area contributed by atoms with Crippen LogP contribution in [0.4, 0.5) is 0 Å². The lowest BCUT2D eigenvalue weighted by Gasteiger charge is -2.34. The van der Waals surface area contributed by atoms with Gasteiger partial charge in [-0.1, -0.05) is 18.1 Å². The van der Waals surface area contributed by atoms with Gasteiger partial charge in [0.1, 0.15) is 5.75 Å². The van der Waals surface area contributed by atoms with Gasteiger partial charge in [-0.3, -0.25) is 4.90 Å². The zero-order chi connectivity index (χ0) is 15.4. The van der Waals surface area contributed by atoms with Gasteiger partial charge in [-0.05, 0) is 30.0 Å². The third-order valence-corrected chi connectivity index (χ3v) is 4.00. The Kier molecular flexibility index (Phi) is 5.03. The summed E-state index contributed by atoms with van der Waals surface area (Å²) in [6, 6.07) is 5.65. The molecule has 2 rings (SSSR count). The van der Waals surface area contributed by atoms with Crippen LogP contribution in [-0.4, -0.2) is 47.4 Å². The first-order valence-corrected chi connectivity index (χ1v) is 7.10. The molecule has 1 fully saturated rings. The molecular formula is C15H23N3O3. The molecule has 1 saturated heterocycles. The van der Waals surface area contributed by atoms with E-state index >= 15 is 0 Å². The number of methoxy groups -OCH3 is 1. The molecule has 0 radical (unpaired) electrons. The number of aliphatic hydroxyl groups excluding tert-OH is 1. The minimum Gasteiger partial charge on any atom is -0.496 e. The molecule has 4 N–H and O–H groups in total. The molecular weight excluding hydrogens is 270 g/mol. The van der Waals surface area contributed by atoms with E-state index in [0.29, 0.717) is 11.3 Å². The second kappa shape index (κ2) is 6.78. The van der Waals surface area contributed by atoms with E-state index < -0.39 is 0 Å². The summed E-state index contributed by atoms with van der Waals surface area (Å²) in [5, 5.41) is 21.5. The smallest absolute Gasteiger partial charge is 0.173 e. The van der Waals surface area contributed by atoms with Crippen molar-refractivity contribution in [3.63, 3.8) is 0 Å². The molecule has 2 unspecified atom stereocenters. The highest BCUT2D eigenvalue weighted by Crippen LogP contribution is 2.23. The van der Waals surface area contributed by atoms with Crippen molar-refractivity contribution in [1.82, 2.24) is 4.90 Å². The van der Waals surface area contributed by atoms with Crippen LogP contribution >= 0.6 is 0 Å². The van der Waals surface area contributed by atoms with Crippen molar-refractivity contribution in [2.24, 2.45) is 16.8 Å². The van der Waals surface area contributed by atoms with Gasteiger partial charge in [0.05, 0.1) is 18.8 Å². The SMILES string of the molecule is COc1cc(CN2CCC(O)C(C)C2)ccc1/C(N)=N/O. The highest BCUT2D eigenvalue weighted by molar-refractivity contribution is 5.99. The Morgan fingerprint density at radius 3 is 2.90 bits per heavy atom. The van der Waals surface area contributed by atoms with Crippen molar-refractivity contribution in [2.75, 3.05) is 20.2 Å². The summed E-state index contributed by atoms with van der Waals surface area (Å²) in [6.07, 6.45) is 0.610. The molecule has 116 valence electrons. The molecule has 1 heterocycles. The number of rotatable bonds is 4. The molecule has 0 bridgehead atoms. The predicted octanol–water partition coefficient (Wildman–Crippen LogP) is 0.992. The standard InChI is InChI=1S/C15H23N3O3/c1-10-8-18(6-5-13(10)19)9-11-3-4-12(15(16)17-20)14(7-11)21-2/h3-4,7,10,13,19-20H,5-6,8-9H2,1-2H3,(H2,16,17). The number of piperidine rings is 1. The second-order valence-electron chi connectivity index (χ2n) is 5.59. The Bertz CT molecular complexity index is 519. The molecule has 6 nitrogen and oxygen atoms in total. The zero-order valence-electron chi connectivity index (χ0n) is 12.5. The van der Waals surface area contributed by atoms with E-state index in [1.165, 1.54) is 0 Å². The van der Waals surface area contributed by atoms with Gasteiger partial charge in [0.2, 0.25) is 0 Å². The molecule has 1 aromatic rings. The van der Waals surface area contributed by atoms with E-state index in [1.807, 2.05) is 12.1 Å². The third-order valence-electron chi connectivity index (χ3n) is 4.00. The Morgan fingerprint density at radius 1 is 1.52 bits per heavy atom. The van der Waals surface area contributed by atoms with E-state index in [0.717, 1.165) is 31.6 Å². The van der Waals surface area contributed by atoms with Gasteiger partial charge in [0, 0.05) is 19.6 Å². The van der Waals surface area contributed by atoms with Crippen LogP contribution in [0.1, 0.15) is 24.5 Å². The number of oxime groups is 1. The molecule has 21 heavy (non-hydrogen) atoms. The largest absolute Gasteiger partial charge is 0.496 e. The van der Waals surface area contributed by atoms with Crippen LogP contribution in [0.5, 0.6) is 5.75 Å². The van der Waals surface area contributed by atoms with Crippen molar-refractivity contribution in [2.45, 2.75) is 26.0 Å². The first-order chi connectivity index (χ1) is 10.0. The summed E-state index contributed by atoms with van der Waals surface area (Å²) in [5.74, 6) is 0.915. The van der Waals surface area contributed by atoms with Crippen molar-refractivity contribution in [3.05, 3.63) is 29.3 Å². The van der Waals surface area contributed by atoms with Gasteiger partial charge in [-0.15, -0.1) is 0 Å². The lowest BCUT2D eigenvalue weighted by molar-refractivity contribution is 0.0320. The highest BCUT2D eigenvalue weighted by Gasteiger charge is 2.24. The fourth-order valence-corrected chi connectivity index (χ4v) is 2.72. The van der Waals surface area contributed by atoms with Crippen molar-refractivity contribution in [3.8, 4) is 5.75 Å². The van der Waals surface area contributed by atoms with Crippen LogP contribution in [-0.2, 0) is 6.54 Å². The monoisotopic (exact) mass is 293 g/mol. The number of likely N-dealkylation sites (tertiary alicyclic amines) is 1. The minimum atomic E-state index is -0.196. The number of ether oxygens (including phenoxy) is 1. The van der Waals surface area contributed by atoms with Gasteiger partial charge in [0.15, 0.2) is 5.84 Å². The van der Waals surface area contributed by atoms with Crippen LogP contribution in [0.25, 0.3) is 0 Å². The Labute approximate surface area is 124 Å². The summed E-state index contributed by atoms with van der Waals surface area (Å²) in [6.45, 7) is 4.63. The zero-order valence-corrected chi connectivity index (χ0v) is 12.5. The summed E-state index contributed by atoms with van der Waals surface area (Å²) in [5.41, 5.74) is 7.30. The van der Waals surface area contributed by atoms with Crippen LogP contribution in [0.15, 0.2) is 23.4 Å². The Morgan fingerprint density at radius 2 is 2.29 bits per heavy atom. The number of aliphatic hydroxyl groups is 1. The van der Waals surface area contributed by atoms with Gasteiger partial charge in [-0.2, -0.15) is 0 Å². The van der Waals surface area contributed by atoms with Gasteiger partial charge in [0.25, 0.3) is 0 Å². The molecule has 0 amide bonds. The van der Waals surface area contributed by atoms with E-state index in [9.17, 15) is 5.11 Å². The topological polar surface area (TPSA) is 91.3 Å². The molecule has 2 atom stereocenters. The van der Waals surface area contributed by atoms with Crippen LogP contribution in [0, 0.1) is 5.92 Å². The molecule has 1 aliphatic rings. The minimum absolute atomic E-state index is 0.0353. The maximum atomic E-state index is 9.77. The molecule has 1 aromatic carbocycles. The lowest BCUT2D eigenvalue weighted by Crippen LogP contribution is -2.41. The molecule has 0 aromatic heterocycles. The van der Waals surface area contributed by atoms with Crippen molar-refractivity contribution < 1.29 is 15.1 Å². The van der Waals surface area contributed by atoms with E-state index in [4.69, 9.17) is 15.7 Å². The van der Waals surface area contributed by atoms with Crippen LogP contribution < -0.4 is 10.5 Å². The van der Waals surface area contributed by atoms with Crippen LogP contribution in [0.3, 0.4) is 0 Å². The molecule has 6 heteroatoms. The van der Waals surface area contributed by atoms with E-state index in [1.54, 1.807) is 13.2 Å². The highest BCUT2D eigenvalue weighted by atomic mass is 16.5. The second-order valence-corrected chi connectivity index (χ2v) is 5.59. The Balaban J connectivity index is 2.11. The first-order valence-electron chi connectivity index (χ1n) is 7.10. The van der Waals surface area contributed by atoms with Gasteiger partial charge >= 0.3 is 0 Å². The molecule has 1 aliphatic heterocycles. The normalized spacial score (nSPS) is 24.0. The Hall–Kier alpha value is -1.79. The van der Waals surface area contributed by atoms with Gasteiger partial charge in [-0.25, -0.2) is 0 Å². The lowest BCUT2D eigenvalue weighted by atomic mass is 9.96. The number of benzene rings is 1. The predicted molar refractivity (Wildman–Crippen MR) is 80.6 cm³/mol. The summed E-state index contributed by atoms with van der Waals surface area (Å²) in [4.78, 5) is 2.31. The van der Waals surface area contributed by atoms with Crippen molar-refractivity contribution in [1.29, 1.82) is 0 Å². The maximum absolute atomic E-state index is 9.77. The molecule has 0 aliphatic carbocycles. The number of nitrogens with zero attached hydrogens (tertiary/aromatic N) is 2. The summed E-state index contributed by atoms with van der Waals surface area (Å²) >= 11 is 0. The van der Waals surface area contributed by atoms with E-state index in [-0.39, 0.29) is 17.9 Å². The number of hydrogen-bond acceptors (Lipinski definition) is 5.